The molecule has 58 valence electrons. The third kappa shape index (κ3) is 1.88. The van der Waals surface area contributed by atoms with E-state index in [1.54, 1.807) is 0 Å². The number of aliphatic imine (C=N–C) groups is 1. The second-order valence-electron chi connectivity index (χ2n) is 2.35. The van der Waals surface area contributed by atoms with Gasteiger partial charge in [-0.15, -0.1) is 0 Å². The van der Waals surface area contributed by atoms with Gasteiger partial charge in [-0.2, -0.15) is 0 Å². The zero-order valence-electron chi connectivity index (χ0n) is 6.08. The SMILES string of the molecule is CCOC1CC1N=C(N)N. The lowest BCUT2D eigenvalue weighted by atomic mass is 10.7. The molecule has 2 atom stereocenters. The van der Waals surface area contributed by atoms with Gasteiger partial charge < -0.3 is 16.2 Å². The van der Waals surface area contributed by atoms with Crippen LogP contribution in [0.15, 0.2) is 4.99 Å². The molecular weight excluding hydrogens is 130 g/mol. The van der Waals surface area contributed by atoms with Gasteiger partial charge in [0.15, 0.2) is 5.96 Å². The number of hydrogen-bond acceptors (Lipinski definition) is 2. The number of hydrogen-bond donors (Lipinski definition) is 2. The van der Waals surface area contributed by atoms with E-state index in [2.05, 4.69) is 4.99 Å². The number of nitrogens with zero attached hydrogens (tertiary/aromatic N) is 1. The molecule has 1 rings (SSSR count). The molecule has 0 spiro atoms. The third-order valence-corrected chi connectivity index (χ3v) is 1.40. The Morgan fingerprint density at radius 1 is 1.70 bits per heavy atom. The molecule has 0 heterocycles. The maximum atomic E-state index is 5.25. The van der Waals surface area contributed by atoms with Gasteiger partial charge in [-0.3, -0.25) is 0 Å². The van der Waals surface area contributed by atoms with E-state index < -0.39 is 0 Å². The van der Waals surface area contributed by atoms with Crippen molar-refractivity contribution in [3.05, 3.63) is 0 Å². The van der Waals surface area contributed by atoms with Crippen molar-refractivity contribution in [1.29, 1.82) is 0 Å². The average molecular weight is 143 g/mol. The summed E-state index contributed by atoms with van der Waals surface area (Å²) in [4.78, 5) is 3.94. The molecule has 4 N–H and O–H groups in total. The molecule has 1 saturated carbocycles. The zero-order chi connectivity index (χ0) is 7.56. The van der Waals surface area contributed by atoms with Crippen molar-refractivity contribution in [2.45, 2.75) is 25.5 Å². The van der Waals surface area contributed by atoms with Gasteiger partial charge in [-0.25, -0.2) is 4.99 Å². The fourth-order valence-electron chi connectivity index (χ4n) is 0.880. The lowest BCUT2D eigenvalue weighted by Gasteiger charge is -1.94. The van der Waals surface area contributed by atoms with Crippen molar-refractivity contribution in [2.24, 2.45) is 16.5 Å². The summed E-state index contributed by atoms with van der Waals surface area (Å²) in [6.45, 7) is 2.70. The van der Waals surface area contributed by atoms with Crippen molar-refractivity contribution < 1.29 is 4.74 Å². The lowest BCUT2D eigenvalue weighted by molar-refractivity contribution is 0.129. The standard InChI is InChI=1S/C6H13N3O/c1-2-10-5-3-4(5)9-6(7)8/h4-5H,2-3H2,1H3,(H4,7,8,9). The highest BCUT2D eigenvalue weighted by Crippen LogP contribution is 2.28. The van der Waals surface area contributed by atoms with Crippen LogP contribution < -0.4 is 11.5 Å². The van der Waals surface area contributed by atoms with Crippen LogP contribution in [-0.4, -0.2) is 24.7 Å². The summed E-state index contributed by atoms with van der Waals surface area (Å²) >= 11 is 0. The van der Waals surface area contributed by atoms with Gasteiger partial charge in [0.25, 0.3) is 0 Å². The number of ether oxygens (including phenoxy) is 1. The van der Waals surface area contributed by atoms with Crippen molar-refractivity contribution in [3.8, 4) is 0 Å². The summed E-state index contributed by atoms with van der Waals surface area (Å²) in [5.41, 5.74) is 10.3. The van der Waals surface area contributed by atoms with Crippen LogP contribution in [0.4, 0.5) is 0 Å². The molecule has 0 bridgehead atoms. The number of nitrogens with two attached hydrogens (primary N) is 2. The molecule has 0 aliphatic heterocycles. The van der Waals surface area contributed by atoms with Crippen molar-refractivity contribution in [2.75, 3.05) is 6.61 Å². The molecule has 1 aliphatic rings. The first kappa shape index (κ1) is 7.34. The van der Waals surface area contributed by atoms with E-state index in [0.29, 0.717) is 0 Å². The Kier molecular flexibility index (Phi) is 2.11. The third-order valence-electron chi connectivity index (χ3n) is 1.40. The minimum atomic E-state index is 0.159. The normalized spacial score (nSPS) is 29.7. The highest BCUT2D eigenvalue weighted by molar-refractivity contribution is 5.76. The molecule has 10 heavy (non-hydrogen) atoms. The lowest BCUT2D eigenvalue weighted by Crippen LogP contribution is -2.23. The van der Waals surface area contributed by atoms with E-state index in [9.17, 15) is 0 Å². The molecule has 0 aromatic heterocycles. The summed E-state index contributed by atoms with van der Waals surface area (Å²) in [5, 5.41) is 0. The predicted molar refractivity (Wildman–Crippen MR) is 39.6 cm³/mol. The second kappa shape index (κ2) is 2.88. The summed E-state index contributed by atoms with van der Waals surface area (Å²) in [7, 11) is 0. The van der Waals surface area contributed by atoms with E-state index in [-0.39, 0.29) is 18.1 Å². The first-order valence-electron chi connectivity index (χ1n) is 3.44. The van der Waals surface area contributed by atoms with Crippen molar-refractivity contribution in [1.82, 2.24) is 0 Å². The van der Waals surface area contributed by atoms with E-state index >= 15 is 0 Å². The van der Waals surface area contributed by atoms with Crippen LogP contribution in [0.2, 0.25) is 0 Å². The van der Waals surface area contributed by atoms with Gasteiger partial charge in [-0.05, 0) is 6.92 Å². The molecule has 0 aromatic rings. The molecule has 4 heteroatoms. The molecule has 0 amide bonds. The van der Waals surface area contributed by atoms with E-state index in [1.165, 1.54) is 0 Å². The Bertz CT molecular complexity index is 142. The average Bonchev–Trinajstić information content (AvgIpc) is 2.47. The van der Waals surface area contributed by atoms with E-state index in [1.807, 2.05) is 6.92 Å². The minimum Gasteiger partial charge on any atom is -0.376 e. The van der Waals surface area contributed by atoms with Crippen LogP contribution >= 0.6 is 0 Å². The zero-order valence-corrected chi connectivity index (χ0v) is 6.08. The fourth-order valence-corrected chi connectivity index (χ4v) is 0.880. The summed E-state index contributed by atoms with van der Waals surface area (Å²) < 4.78 is 5.25. The number of rotatable bonds is 3. The first-order valence-corrected chi connectivity index (χ1v) is 3.44. The molecule has 4 nitrogen and oxygen atoms in total. The minimum absolute atomic E-state index is 0.159. The van der Waals surface area contributed by atoms with Crippen LogP contribution in [0.25, 0.3) is 0 Å². The highest BCUT2D eigenvalue weighted by atomic mass is 16.5. The fraction of sp³-hybridized carbons (Fsp3) is 0.833. The number of guanidine groups is 1. The Balaban J connectivity index is 2.19. The maximum Gasteiger partial charge on any atom is 0.186 e. The van der Waals surface area contributed by atoms with Crippen LogP contribution in [0, 0.1) is 0 Å². The van der Waals surface area contributed by atoms with Crippen molar-refractivity contribution >= 4 is 5.96 Å². The topological polar surface area (TPSA) is 73.6 Å². The van der Waals surface area contributed by atoms with Gasteiger partial charge in [0, 0.05) is 13.0 Å². The Labute approximate surface area is 60.2 Å². The van der Waals surface area contributed by atoms with Gasteiger partial charge in [0.1, 0.15) is 0 Å². The molecule has 0 radical (unpaired) electrons. The van der Waals surface area contributed by atoms with Crippen LogP contribution in [-0.2, 0) is 4.74 Å². The quantitative estimate of drug-likeness (QED) is 0.410. The van der Waals surface area contributed by atoms with E-state index in [4.69, 9.17) is 16.2 Å². The van der Waals surface area contributed by atoms with Crippen LogP contribution in [0.3, 0.4) is 0 Å². The predicted octanol–water partition coefficient (Wildman–Crippen LogP) is -0.563. The smallest absolute Gasteiger partial charge is 0.186 e. The maximum absolute atomic E-state index is 5.25. The Hall–Kier alpha value is -0.770. The second-order valence-corrected chi connectivity index (χ2v) is 2.35. The van der Waals surface area contributed by atoms with Gasteiger partial charge >= 0.3 is 0 Å². The molecule has 2 unspecified atom stereocenters. The first-order chi connectivity index (χ1) is 4.74. The van der Waals surface area contributed by atoms with Crippen LogP contribution in [0.1, 0.15) is 13.3 Å². The monoisotopic (exact) mass is 143 g/mol. The largest absolute Gasteiger partial charge is 0.376 e. The highest BCUT2D eigenvalue weighted by Gasteiger charge is 2.37. The van der Waals surface area contributed by atoms with Gasteiger partial charge in [0.05, 0.1) is 12.1 Å². The summed E-state index contributed by atoms with van der Waals surface area (Å²) in [6.07, 6.45) is 1.23. The molecule has 0 aromatic carbocycles. The molecule has 1 fully saturated rings. The van der Waals surface area contributed by atoms with Gasteiger partial charge in [-0.1, -0.05) is 0 Å². The van der Waals surface area contributed by atoms with Crippen molar-refractivity contribution in [3.63, 3.8) is 0 Å². The Morgan fingerprint density at radius 3 is 2.90 bits per heavy atom. The van der Waals surface area contributed by atoms with Crippen LogP contribution in [0.5, 0.6) is 0 Å². The molecular formula is C6H13N3O. The molecule has 0 saturated heterocycles. The van der Waals surface area contributed by atoms with Gasteiger partial charge in [0.2, 0.25) is 0 Å². The summed E-state index contributed by atoms with van der Waals surface area (Å²) in [6, 6.07) is 0.227. The summed E-state index contributed by atoms with van der Waals surface area (Å²) in [5.74, 6) is 0.159. The van der Waals surface area contributed by atoms with E-state index in [0.717, 1.165) is 13.0 Å². The Morgan fingerprint density at radius 2 is 2.40 bits per heavy atom. The molecule has 1 aliphatic carbocycles.